The van der Waals surface area contributed by atoms with Gasteiger partial charge in [0.05, 0.1) is 24.9 Å². The molecule has 1 aromatic rings. The standard InChI is InChI=1S/C16H31N3O2/c1-11(17-10-14(20)16(4,5)6)15-12(2)18-19(13(15)3)8-9-21-7/h11,14,17,20H,8-10H2,1-7H3. The lowest BCUT2D eigenvalue weighted by atomic mass is 9.89. The molecule has 0 bridgehead atoms. The Bertz CT molecular complexity index is 449. The number of aliphatic hydroxyl groups excluding tert-OH is 1. The van der Waals surface area contributed by atoms with Crippen LogP contribution in [0.3, 0.4) is 0 Å². The lowest BCUT2D eigenvalue weighted by Crippen LogP contribution is -2.37. The van der Waals surface area contributed by atoms with Gasteiger partial charge in [0.15, 0.2) is 0 Å². The fourth-order valence-corrected chi connectivity index (χ4v) is 2.43. The Morgan fingerprint density at radius 2 is 1.95 bits per heavy atom. The summed E-state index contributed by atoms with van der Waals surface area (Å²) in [5.41, 5.74) is 3.30. The fraction of sp³-hybridized carbons (Fsp3) is 0.812. The number of methoxy groups -OCH3 is 1. The molecule has 0 aromatic carbocycles. The third-order valence-corrected chi connectivity index (χ3v) is 3.99. The third kappa shape index (κ3) is 4.80. The van der Waals surface area contributed by atoms with E-state index in [-0.39, 0.29) is 17.6 Å². The molecule has 1 heterocycles. The number of nitrogens with zero attached hydrogens (tertiary/aromatic N) is 2. The Kier molecular flexibility index (Phi) is 6.38. The van der Waals surface area contributed by atoms with Crippen molar-refractivity contribution < 1.29 is 9.84 Å². The Hall–Kier alpha value is -0.910. The van der Waals surface area contributed by atoms with Crippen molar-refractivity contribution in [1.82, 2.24) is 15.1 Å². The first-order chi connectivity index (χ1) is 9.68. The molecule has 5 nitrogen and oxygen atoms in total. The monoisotopic (exact) mass is 297 g/mol. The van der Waals surface area contributed by atoms with Crippen molar-refractivity contribution in [2.24, 2.45) is 5.41 Å². The smallest absolute Gasteiger partial charge is 0.0712 e. The number of aromatic nitrogens is 2. The normalized spacial score (nSPS) is 15.2. The maximum atomic E-state index is 10.1. The van der Waals surface area contributed by atoms with Crippen LogP contribution >= 0.6 is 0 Å². The van der Waals surface area contributed by atoms with E-state index in [1.54, 1.807) is 7.11 Å². The van der Waals surface area contributed by atoms with Crippen LogP contribution in [0.15, 0.2) is 0 Å². The fourth-order valence-electron chi connectivity index (χ4n) is 2.43. The lowest BCUT2D eigenvalue weighted by Gasteiger charge is -2.27. The van der Waals surface area contributed by atoms with Crippen molar-refractivity contribution in [1.29, 1.82) is 0 Å². The van der Waals surface area contributed by atoms with E-state index in [0.717, 1.165) is 17.9 Å². The van der Waals surface area contributed by atoms with Gasteiger partial charge >= 0.3 is 0 Å². The number of ether oxygens (including phenoxy) is 1. The minimum absolute atomic E-state index is 0.112. The highest BCUT2D eigenvalue weighted by Crippen LogP contribution is 2.23. The number of aliphatic hydroxyl groups is 1. The Morgan fingerprint density at radius 1 is 1.33 bits per heavy atom. The molecule has 5 heteroatoms. The molecule has 0 radical (unpaired) electrons. The van der Waals surface area contributed by atoms with E-state index in [4.69, 9.17) is 4.74 Å². The average Bonchev–Trinajstić information content (AvgIpc) is 2.66. The lowest BCUT2D eigenvalue weighted by molar-refractivity contribution is 0.0609. The van der Waals surface area contributed by atoms with Gasteiger partial charge in [-0.15, -0.1) is 0 Å². The van der Waals surface area contributed by atoms with Gasteiger partial charge in [0.2, 0.25) is 0 Å². The Balaban J connectivity index is 2.74. The zero-order valence-electron chi connectivity index (χ0n) is 14.5. The van der Waals surface area contributed by atoms with Crippen LogP contribution in [0.4, 0.5) is 0 Å². The van der Waals surface area contributed by atoms with Crippen molar-refractivity contribution in [2.75, 3.05) is 20.3 Å². The second-order valence-electron chi connectivity index (χ2n) is 6.81. The van der Waals surface area contributed by atoms with E-state index in [1.807, 2.05) is 32.4 Å². The zero-order valence-corrected chi connectivity index (χ0v) is 14.5. The average molecular weight is 297 g/mol. The van der Waals surface area contributed by atoms with Crippen LogP contribution in [0, 0.1) is 19.3 Å². The minimum Gasteiger partial charge on any atom is -0.391 e. The van der Waals surface area contributed by atoms with Crippen LogP contribution in [0.2, 0.25) is 0 Å². The number of nitrogens with one attached hydrogen (secondary N) is 1. The van der Waals surface area contributed by atoms with Crippen LogP contribution in [-0.2, 0) is 11.3 Å². The van der Waals surface area contributed by atoms with Crippen molar-refractivity contribution >= 4 is 0 Å². The molecular formula is C16H31N3O2. The van der Waals surface area contributed by atoms with E-state index in [9.17, 15) is 5.11 Å². The molecular weight excluding hydrogens is 266 g/mol. The van der Waals surface area contributed by atoms with Gasteiger partial charge < -0.3 is 15.2 Å². The molecule has 122 valence electrons. The van der Waals surface area contributed by atoms with Crippen molar-refractivity contribution in [3.8, 4) is 0 Å². The summed E-state index contributed by atoms with van der Waals surface area (Å²) in [6.07, 6.45) is -0.371. The molecule has 2 N–H and O–H groups in total. The Morgan fingerprint density at radius 3 is 2.48 bits per heavy atom. The van der Waals surface area contributed by atoms with Gasteiger partial charge in [-0.2, -0.15) is 5.10 Å². The molecule has 2 atom stereocenters. The van der Waals surface area contributed by atoms with Gasteiger partial charge in [-0.3, -0.25) is 4.68 Å². The van der Waals surface area contributed by atoms with Gasteiger partial charge in [-0.1, -0.05) is 20.8 Å². The molecule has 0 amide bonds. The maximum Gasteiger partial charge on any atom is 0.0712 e. The van der Waals surface area contributed by atoms with Gasteiger partial charge in [0, 0.05) is 31.0 Å². The highest BCUT2D eigenvalue weighted by molar-refractivity contribution is 5.27. The van der Waals surface area contributed by atoms with Gasteiger partial charge in [0.1, 0.15) is 0 Å². The molecule has 0 spiro atoms. The molecule has 0 aliphatic carbocycles. The van der Waals surface area contributed by atoms with Crippen LogP contribution < -0.4 is 5.32 Å². The van der Waals surface area contributed by atoms with Gasteiger partial charge in [0.25, 0.3) is 0 Å². The molecule has 1 aromatic heterocycles. The first kappa shape index (κ1) is 18.1. The molecule has 0 aliphatic heterocycles. The van der Waals surface area contributed by atoms with Crippen LogP contribution in [0.5, 0.6) is 0 Å². The van der Waals surface area contributed by atoms with Crippen LogP contribution in [0.25, 0.3) is 0 Å². The maximum absolute atomic E-state index is 10.1. The second kappa shape index (κ2) is 7.38. The summed E-state index contributed by atoms with van der Waals surface area (Å²) in [5.74, 6) is 0. The predicted molar refractivity (Wildman–Crippen MR) is 85.5 cm³/mol. The highest BCUT2D eigenvalue weighted by atomic mass is 16.5. The van der Waals surface area contributed by atoms with Gasteiger partial charge in [-0.05, 0) is 26.2 Å². The molecule has 21 heavy (non-hydrogen) atoms. The van der Waals surface area contributed by atoms with E-state index in [0.29, 0.717) is 13.2 Å². The molecule has 0 saturated heterocycles. The number of aryl methyl sites for hydroxylation is 1. The first-order valence-electron chi connectivity index (χ1n) is 7.62. The second-order valence-corrected chi connectivity index (χ2v) is 6.81. The number of hydrogen-bond donors (Lipinski definition) is 2. The molecule has 0 saturated carbocycles. The summed E-state index contributed by atoms with van der Waals surface area (Å²) in [5, 5.41) is 18.1. The van der Waals surface area contributed by atoms with E-state index < -0.39 is 0 Å². The molecule has 0 aliphatic rings. The predicted octanol–water partition coefficient (Wildman–Crippen LogP) is 2.20. The first-order valence-corrected chi connectivity index (χ1v) is 7.62. The third-order valence-electron chi connectivity index (χ3n) is 3.99. The van der Waals surface area contributed by atoms with Crippen molar-refractivity contribution in [3.05, 3.63) is 17.0 Å². The summed E-state index contributed by atoms with van der Waals surface area (Å²) >= 11 is 0. The number of rotatable bonds is 7. The largest absolute Gasteiger partial charge is 0.391 e. The topological polar surface area (TPSA) is 59.3 Å². The zero-order chi connectivity index (χ0) is 16.2. The Labute approximate surface area is 128 Å². The minimum atomic E-state index is -0.371. The number of hydrogen-bond acceptors (Lipinski definition) is 4. The summed E-state index contributed by atoms with van der Waals surface area (Å²) in [6, 6.07) is 0.165. The summed E-state index contributed by atoms with van der Waals surface area (Å²) < 4.78 is 7.11. The van der Waals surface area contributed by atoms with Crippen LogP contribution in [-0.4, -0.2) is 41.3 Å². The summed E-state index contributed by atoms with van der Waals surface area (Å²) in [4.78, 5) is 0. The van der Waals surface area contributed by atoms with Crippen LogP contribution in [0.1, 0.15) is 50.7 Å². The quantitative estimate of drug-likeness (QED) is 0.810. The van der Waals surface area contributed by atoms with E-state index in [2.05, 4.69) is 24.3 Å². The SMILES string of the molecule is COCCn1nc(C)c(C(C)NCC(O)C(C)(C)C)c1C. The van der Waals surface area contributed by atoms with E-state index in [1.165, 1.54) is 5.56 Å². The molecule has 0 fully saturated rings. The highest BCUT2D eigenvalue weighted by Gasteiger charge is 2.24. The molecule has 2 unspecified atom stereocenters. The van der Waals surface area contributed by atoms with Crippen molar-refractivity contribution in [2.45, 2.75) is 60.2 Å². The summed E-state index contributed by atoms with van der Waals surface area (Å²) in [6.45, 7) is 14.4. The van der Waals surface area contributed by atoms with Crippen molar-refractivity contribution in [3.63, 3.8) is 0 Å². The van der Waals surface area contributed by atoms with Gasteiger partial charge in [-0.25, -0.2) is 0 Å². The summed E-state index contributed by atoms with van der Waals surface area (Å²) in [7, 11) is 1.70. The van der Waals surface area contributed by atoms with E-state index >= 15 is 0 Å². The molecule has 1 rings (SSSR count).